The predicted molar refractivity (Wildman–Crippen MR) is 110 cm³/mol. The molecule has 2 fully saturated rings. The highest BCUT2D eigenvalue weighted by molar-refractivity contribution is 5.78. The summed E-state index contributed by atoms with van der Waals surface area (Å²) in [4.78, 5) is 29.2. The number of allylic oxidation sites excluding steroid dienone is 2. The van der Waals surface area contributed by atoms with E-state index in [9.17, 15) is 14.0 Å². The molecule has 0 aliphatic carbocycles. The number of hydrogen-bond acceptors (Lipinski definition) is 3. The molecule has 0 aromatic heterocycles. The minimum absolute atomic E-state index is 0.0249. The highest BCUT2D eigenvalue weighted by Crippen LogP contribution is 2.45. The van der Waals surface area contributed by atoms with Crippen LogP contribution in [0.15, 0.2) is 35.9 Å². The summed E-state index contributed by atoms with van der Waals surface area (Å²) < 4.78 is 19.0. The Morgan fingerprint density at radius 1 is 1.17 bits per heavy atom. The number of hydrogen-bond donors (Lipinski definition) is 0. The fourth-order valence-corrected chi connectivity index (χ4v) is 4.60. The van der Waals surface area contributed by atoms with Gasteiger partial charge in [0, 0.05) is 45.0 Å². The Hall–Kier alpha value is -2.21. The third-order valence-corrected chi connectivity index (χ3v) is 5.96. The minimum atomic E-state index is -0.303. The van der Waals surface area contributed by atoms with Crippen molar-refractivity contribution in [3.05, 3.63) is 47.3 Å². The molecule has 0 bridgehead atoms. The summed E-state index contributed by atoms with van der Waals surface area (Å²) in [6.07, 6.45) is 3.65. The second-order valence-electron chi connectivity index (χ2n) is 8.33. The summed E-state index contributed by atoms with van der Waals surface area (Å²) in [6.45, 7) is 6.32. The molecule has 3 rings (SSSR count). The number of amides is 2. The lowest BCUT2D eigenvalue weighted by Gasteiger charge is -2.30. The molecule has 2 heterocycles. The molecule has 2 aliphatic heterocycles. The fourth-order valence-electron chi connectivity index (χ4n) is 4.60. The monoisotopic (exact) mass is 402 g/mol. The third kappa shape index (κ3) is 5.04. The summed E-state index contributed by atoms with van der Waals surface area (Å²) in [5, 5.41) is 0. The van der Waals surface area contributed by atoms with Gasteiger partial charge in [0.1, 0.15) is 5.82 Å². The lowest BCUT2D eigenvalue weighted by Crippen LogP contribution is -2.37. The molecule has 1 aromatic rings. The van der Waals surface area contributed by atoms with Crippen LogP contribution in [0.25, 0.3) is 0 Å². The van der Waals surface area contributed by atoms with E-state index in [1.54, 1.807) is 13.2 Å². The van der Waals surface area contributed by atoms with E-state index in [0.29, 0.717) is 39.1 Å². The first-order valence-electron chi connectivity index (χ1n) is 10.4. The van der Waals surface area contributed by atoms with E-state index >= 15 is 0 Å². The van der Waals surface area contributed by atoms with Crippen molar-refractivity contribution in [3.63, 3.8) is 0 Å². The molecule has 29 heavy (non-hydrogen) atoms. The summed E-state index contributed by atoms with van der Waals surface area (Å²) in [6, 6.07) is 6.30. The number of methoxy groups -OCH3 is 1. The standard InChI is InChI=1S/C23H31FN2O3/c1-16(2)6-4-9-21(27)25-13-18-14-26(22(28)10-11-29-3)23(20(18)15-25)17-7-5-8-19(24)12-17/h5-8,12,18,20,23H,4,9-11,13-15H2,1-3H3/t18-,20-,23+/m0/s1. The molecule has 5 nitrogen and oxygen atoms in total. The predicted octanol–water partition coefficient (Wildman–Crippen LogP) is 3.57. The molecule has 0 saturated carbocycles. The minimum Gasteiger partial charge on any atom is -0.384 e. The van der Waals surface area contributed by atoms with Crippen molar-refractivity contribution in [2.24, 2.45) is 11.8 Å². The molecule has 3 atom stereocenters. The van der Waals surface area contributed by atoms with E-state index in [0.717, 1.165) is 12.0 Å². The van der Waals surface area contributed by atoms with Gasteiger partial charge in [-0.25, -0.2) is 4.39 Å². The van der Waals surface area contributed by atoms with Crippen molar-refractivity contribution in [2.45, 2.75) is 39.2 Å². The zero-order chi connectivity index (χ0) is 21.0. The van der Waals surface area contributed by atoms with Crippen LogP contribution in [0, 0.1) is 17.7 Å². The lowest BCUT2D eigenvalue weighted by atomic mass is 9.89. The van der Waals surface area contributed by atoms with Crippen molar-refractivity contribution in [1.29, 1.82) is 0 Å². The number of ether oxygens (including phenoxy) is 1. The summed E-state index contributed by atoms with van der Waals surface area (Å²) in [5.74, 6) is 0.241. The number of halogens is 1. The normalized spacial score (nSPS) is 23.2. The van der Waals surface area contributed by atoms with Crippen LogP contribution in [0.4, 0.5) is 4.39 Å². The number of fused-ring (bicyclic) bond motifs is 1. The van der Waals surface area contributed by atoms with Crippen molar-refractivity contribution in [1.82, 2.24) is 9.80 Å². The molecule has 2 aliphatic rings. The Balaban J connectivity index is 1.75. The number of nitrogens with zero attached hydrogens (tertiary/aromatic N) is 2. The Labute approximate surface area is 172 Å². The summed E-state index contributed by atoms with van der Waals surface area (Å²) >= 11 is 0. The van der Waals surface area contributed by atoms with E-state index < -0.39 is 0 Å². The molecule has 1 aromatic carbocycles. The van der Waals surface area contributed by atoms with E-state index in [1.165, 1.54) is 17.7 Å². The molecule has 0 spiro atoms. The van der Waals surface area contributed by atoms with Crippen LogP contribution < -0.4 is 0 Å². The first-order valence-corrected chi connectivity index (χ1v) is 10.4. The molecule has 0 radical (unpaired) electrons. The van der Waals surface area contributed by atoms with Crippen molar-refractivity contribution < 1.29 is 18.7 Å². The fraction of sp³-hybridized carbons (Fsp3) is 0.565. The van der Waals surface area contributed by atoms with Gasteiger partial charge in [0.2, 0.25) is 11.8 Å². The number of rotatable bonds is 7. The molecule has 2 saturated heterocycles. The second kappa shape index (κ2) is 9.53. The van der Waals surface area contributed by atoms with Gasteiger partial charge in [-0.05, 0) is 38.0 Å². The molecular weight excluding hydrogens is 371 g/mol. The van der Waals surface area contributed by atoms with Gasteiger partial charge < -0.3 is 14.5 Å². The Bertz CT molecular complexity index is 775. The third-order valence-electron chi connectivity index (χ3n) is 5.96. The molecule has 0 unspecified atom stereocenters. The maximum Gasteiger partial charge on any atom is 0.225 e. The molecule has 158 valence electrons. The quantitative estimate of drug-likeness (QED) is 0.655. The average molecular weight is 403 g/mol. The Morgan fingerprint density at radius 3 is 2.66 bits per heavy atom. The highest BCUT2D eigenvalue weighted by Gasteiger charge is 2.49. The van der Waals surface area contributed by atoms with Crippen molar-refractivity contribution >= 4 is 11.8 Å². The van der Waals surface area contributed by atoms with Gasteiger partial charge >= 0.3 is 0 Å². The van der Waals surface area contributed by atoms with Gasteiger partial charge in [0.15, 0.2) is 0 Å². The smallest absolute Gasteiger partial charge is 0.225 e. The first-order chi connectivity index (χ1) is 13.9. The van der Waals surface area contributed by atoms with Gasteiger partial charge in [0.25, 0.3) is 0 Å². The van der Waals surface area contributed by atoms with Crippen molar-refractivity contribution in [3.8, 4) is 0 Å². The molecular formula is C23H31FN2O3. The van der Waals surface area contributed by atoms with Crippen LogP contribution in [0.3, 0.4) is 0 Å². The van der Waals surface area contributed by atoms with Crippen LogP contribution in [0.5, 0.6) is 0 Å². The maximum absolute atomic E-state index is 13.9. The van der Waals surface area contributed by atoms with Crippen LogP contribution in [0.2, 0.25) is 0 Å². The maximum atomic E-state index is 13.9. The van der Waals surface area contributed by atoms with Gasteiger partial charge in [0.05, 0.1) is 19.1 Å². The topological polar surface area (TPSA) is 49.9 Å². The van der Waals surface area contributed by atoms with Crippen LogP contribution in [-0.2, 0) is 14.3 Å². The van der Waals surface area contributed by atoms with E-state index in [1.807, 2.05) is 29.7 Å². The highest BCUT2D eigenvalue weighted by atomic mass is 19.1. The van der Waals surface area contributed by atoms with Crippen LogP contribution >= 0.6 is 0 Å². The molecule has 2 amide bonds. The first kappa shape index (κ1) is 21.5. The molecule has 6 heteroatoms. The SMILES string of the molecule is COCCC(=O)N1C[C@@H]2CN(C(=O)CCC=C(C)C)C[C@@H]2[C@H]1c1cccc(F)c1. The van der Waals surface area contributed by atoms with Gasteiger partial charge in [-0.2, -0.15) is 0 Å². The largest absolute Gasteiger partial charge is 0.384 e. The van der Waals surface area contributed by atoms with E-state index in [2.05, 4.69) is 6.08 Å². The van der Waals surface area contributed by atoms with E-state index in [4.69, 9.17) is 4.74 Å². The zero-order valence-corrected chi connectivity index (χ0v) is 17.6. The summed E-state index contributed by atoms with van der Waals surface area (Å²) in [5.41, 5.74) is 2.02. The average Bonchev–Trinajstić information content (AvgIpc) is 3.23. The van der Waals surface area contributed by atoms with Gasteiger partial charge in [-0.3, -0.25) is 9.59 Å². The summed E-state index contributed by atoms with van der Waals surface area (Å²) in [7, 11) is 1.58. The van der Waals surface area contributed by atoms with Crippen molar-refractivity contribution in [2.75, 3.05) is 33.4 Å². The number of likely N-dealkylation sites (tertiary alicyclic amines) is 2. The number of benzene rings is 1. The van der Waals surface area contributed by atoms with E-state index in [-0.39, 0.29) is 35.5 Å². The van der Waals surface area contributed by atoms with Gasteiger partial charge in [-0.1, -0.05) is 23.8 Å². The van der Waals surface area contributed by atoms with Crippen LogP contribution in [0.1, 0.15) is 44.7 Å². The Kier molecular flexibility index (Phi) is 7.06. The lowest BCUT2D eigenvalue weighted by molar-refractivity contribution is -0.134. The Morgan fingerprint density at radius 2 is 1.97 bits per heavy atom. The number of carbonyl (C=O) groups is 2. The zero-order valence-electron chi connectivity index (χ0n) is 17.6. The molecule has 0 N–H and O–H groups in total. The second-order valence-corrected chi connectivity index (χ2v) is 8.33. The van der Waals surface area contributed by atoms with Crippen LogP contribution in [-0.4, -0.2) is 55.0 Å². The number of carbonyl (C=O) groups excluding carboxylic acids is 2. The van der Waals surface area contributed by atoms with Gasteiger partial charge in [-0.15, -0.1) is 0 Å².